The molecule has 26 heavy (non-hydrogen) atoms. The molecule has 0 saturated heterocycles. The highest BCUT2D eigenvalue weighted by Gasteiger charge is 2.24. The first-order chi connectivity index (χ1) is 12.4. The first kappa shape index (κ1) is 17.5. The molecular formula is C18H16F2N4O2. The van der Waals surface area contributed by atoms with Crippen LogP contribution >= 0.6 is 0 Å². The van der Waals surface area contributed by atoms with E-state index in [9.17, 15) is 18.4 Å². The minimum absolute atomic E-state index is 0.0538. The molecule has 8 heteroatoms. The summed E-state index contributed by atoms with van der Waals surface area (Å²) in [5.41, 5.74) is -0.424. The fourth-order valence-corrected chi connectivity index (χ4v) is 2.57. The second kappa shape index (κ2) is 6.91. The molecule has 1 amide bonds. The fraction of sp³-hybridized carbons (Fsp3) is 0.167. The molecule has 0 saturated carbocycles. The molecule has 134 valence electrons. The van der Waals surface area contributed by atoms with E-state index in [-0.39, 0.29) is 11.7 Å². The number of rotatable bonds is 3. The minimum Gasteiger partial charge on any atom is -0.291 e. The van der Waals surface area contributed by atoms with Crippen LogP contribution in [0.4, 0.5) is 19.3 Å². The average molecular weight is 358 g/mol. The molecule has 3 rings (SSSR count). The number of aromatic nitrogens is 3. The first-order valence-electron chi connectivity index (χ1n) is 7.91. The van der Waals surface area contributed by atoms with Gasteiger partial charge in [0, 0.05) is 11.7 Å². The Bertz CT molecular complexity index is 993. The number of para-hydroxylation sites is 1. The maximum Gasteiger partial charge on any atom is 0.358 e. The number of hydrogen-bond donors (Lipinski definition) is 0. The molecule has 1 heterocycles. The largest absolute Gasteiger partial charge is 0.358 e. The molecule has 0 aliphatic rings. The number of hydrogen-bond acceptors (Lipinski definition) is 3. The van der Waals surface area contributed by atoms with E-state index < -0.39 is 23.4 Å². The van der Waals surface area contributed by atoms with Crippen molar-refractivity contribution < 1.29 is 13.6 Å². The van der Waals surface area contributed by atoms with E-state index in [1.54, 1.807) is 19.9 Å². The maximum atomic E-state index is 13.9. The van der Waals surface area contributed by atoms with E-state index in [0.717, 1.165) is 15.6 Å². The summed E-state index contributed by atoms with van der Waals surface area (Å²) in [6, 6.07) is 9.99. The third-order valence-electron chi connectivity index (χ3n) is 3.78. The summed E-state index contributed by atoms with van der Waals surface area (Å²) < 4.78 is 28.7. The quantitative estimate of drug-likeness (QED) is 0.722. The third kappa shape index (κ3) is 3.13. The molecule has 0 aliphatic heterocycles. The highest BCUT2D eigenvalue weighted by Crippen LogP contribution is 2.19. The Kier molecular flexibility index (Phi) is 4.66. The zero-order valence-corrected chi connectivity index (χ0v) is 14.1. The average Bonchev–Trinajstić information content (AvgIpc) is 2.98. The van der Waals surface area contributed by atoms with E-state index in [1.165, 1.54) is 47.4 Å². The van der Waals surface area contributed by atoms with Crippen molar-refractivity contribution in [1.29, 1.82) is 0 Å². The monoisotopic (exact) mass is 358 g/mol. The molecule has 0 spiro atoms. The molecule has 6 nitrogen and oxygen atoms in total. The van der Waals surface area contributed by atoms with Gasteiger partial charge in [0.25, 0.3) is 0 Å². The summed E-state index contributed by atoms with van der Waals surface area (Å²) in [7, 11) is 0. The summed E-state index contributed by atoms with van der Waals surface area (Å²) in [6.45, 7) is 3.52. The lowest BCUT2D eigenvalue weighted by molar-refractivity contribution is 0.245. The van der Waals surface area contributed by atoms with Gasteiger partial charge in [0.05, 0.1) is 0 Å². The highest BCUT2D eigenvalue weighted by molar-refractivity contribution is 5.93. The Morgan fingerprint density at radius 1 is 1.08 bits per heavy atom. The van der Waals surface area contributed by atoms with Gasteiger partial charge >= 0.3 is 11.7 Å². The Balaban J connectivity index is 2.03. The number of halogens is 2. The number of carbonyl (C=O) groups is 1. The van der Waals surface area contributed by atoms with Crippen LogP contribution in [-0.4, -0.2) is 26.4 Å². The fourth-order valence-electron chi connectivity index (χ4n) is 2.57. The lowest BCUT2D eigenvalue weighted by Gasteiger charge is -2.26. The first-order valence-corrected chi connectivity index (χ1v) is 7.91. The molecule has 0 radical (unpaired) electrons. The number of benzene rings is 2. The van der Waals surface area contributed by atoms with Gasteiger partial charge in [0.15, 0.2) is 0 Å². The van der Waals surface area contributed by atoms with Gasteiger partial charge in [-0.15, -0.1) is 0 Å². The van der Waals surface area contributed by atoms with Gasteiger partial charge in [-0.2, -0.15) is 14.3 Å². The Morgan fingerprint density at radius 3 is 2.35 bits per heavy atom. The molecule has 0 atom stereocenters. The molecule has 0 unspecified atom stereocenters. The molecule has 1 aromatic heterocycles. The van der Waals surface area contributed by atoms with Crippen LogP contribution in [0.15, 0.2) is 59.7 Å². The third-order valence-corrected chi connectivity index (χ3v) is 3.78. The predicted octanol–water partition coefficient (Wildman–Crippen LogP) is 3.20. The maximum absolute atomic E-state index is 13.9. The summed E-state index contributed by atoms with van der Waals surface area (Å²) >= 11 is 0. The standard InChI is InChI=1S/C18H16F2N4O2/c1-12(2)23(14-9-7-13(19)8-10-14)17(25)22-11-21-24(18(22)26)16-6-4-3-5-15(16)20/h3-12H,1-2H3. The zero-order chi connectivity index (χ0) is 18.8. The van der Waals surface area contributed by atoms with E-state index in [1.807, 2.05) is 0 Å². The van der Waals surface area contributed by atoms with Crippen LogP contribution in [0.5, 0.6) is 0 Å². The van der Waals surface area contributed by atoms with Crippen molar-refractivity contribution in [2.24, 2.45) is 0 Å². The summed E-state index contributed by atoms with van der Waals surface area (Å²) in [5, 5.41) is 3.84. The topological polar surface area (TPSA) is 60.1 Å². The lowest BCUT2D eigenvalue weighted by Crippen LogP contribution is -2.43. The number of carbonyl (C=O) groups excluding carboxylic acids is 1. The molecule has 3 aromatic rings. The second-order valence-electron chi connectivity index (χ2n) is 5.87. The normalized spacial score (nSPS) is 11.0. The SMILES string of the molecule is CC(C)N(C(=O)n1cnn(-c2ccccc2F)c1=O)c1ccc(F)cc1. The molecule has 0 N–H and O–H groups in total. The minimum atomic E-state index is -0.798. The van der Waals surface area contributed by atoms with Crippen LogP contribution < -0.4 is 10.6 Å². The molecular weight excluding hydrogens is 342 g/mol. The van der Waals surface area contributed by atoms with Crippen molar-refractivity contribution >= 4 is 11.7 Å². The van der Waals surface area contributed by atoms with Crippen LogP contribution in [0.25, 0.3) is 5.69 Å². The van der Waals surface area contributed by atoms with Gasteiger partial charge in [-0.1, -0.05) is 12.1 Å². The lowest BCUT2D eigenvalue weighted by atomic mass is 10.2. The molecule has 2 aromatic carbocycles. The predicted molar refractivity (Wildman–Crippen MR) is 92.6 cm³/mol. The number of nitrogens with zero attached hydrogens (tertiary/aromatic N) is 4. The van der Waals surface area contributed by atoms with Gasteiger partial charge in [-0.3, -0.25) is 4.90 Å². The van der Waals surface area contributed by atoms with Gasteiger partial charge in [-0.25, -0.2) is 18.4 Å². The van der Waals surface area contributed by atoms with Crippen molar-refractivity contribution in [3.05, 3.63) is 77.0 Å². The summed E-state index contributed by atoms with van der Waals surface area (Å²) in [4.78, 5) is 26.8. The van der Waals surface area contributed by atoms with Gasteiger partial charge in [0.1, 0.15) is 23.6 Å². The van der Waals surface area contributed by atoms with Gasteiger partial charge < -0.3 is 0 Å². The van der Waals surface area contributed by atoms with E-state index >= 15 is 0 Å². The van der Waals surface area contributed by atoms with E-state index in [0.29, 0.717) is 5.69 Å². The molecule has 0 bridgehead atoms. The summed E-state index contributed by atoms with van der Waals surface area (Å²) in [5.74, 6) is -1.07. The van der Waals surface area contributed by atoms with Gasteiger partial charge in [-0.05, 0) is 50.2 Å². The van der Waals surface area contributed by atoms with Crippen molar-refractivity contribution in [2.75, 3.05) is 4.90 Å². The van der Waals surface area contributed by atoms with Crippen molar-refractivity contribution in [2.45, 2.75) is 19.9 Å². The Hall–Kier alpha value is -3.29. The van der Waals surface area contributed by atoms with Crippen molar-refractivity contribution in [1.82, 2.24) is 14.3 Å². The van der Waals surface area contributed by atoms with Crippen LogP contribution in [-0.2, 0) is 0 Å². The van der Waals surface area contributed by atoms with E-state index in [4.69, 9.17) is 0 Å². The summed E-state index contributed by atoms with van der Waals surface area (Å²) in [6.07, 6.45) is 1.04. The smallest absolute Gasteiger partial charge is 0.291 e. The van der Waals surface area contributed by atoms with Crippen molar-refractivity contribution in [3.63, 3.8) is 0 Å². The highest BCUT2D eigenvalue weighted by atomic mass is 19.1. The molecule has 0 fully saturated rings. The Labute approximate surface area is 147 Å². The Morgan fingerprint density at radius 2 is 1.73 bits per heavy atom. The van der Waals surface area contributed by atoms with Crippen LogP contribution in [0.1, 0.15) is 13.8 Å². The van der Waals surface area contributed by atoms with Crippen molar-refractivity contribution in [3.8, 4) is 5.69 Å². The zero-order valence-electron chi connectivity index (χ0n) is 14.1. The van der Waals surface area contributed by atoms with E-state index in [2.05, 4.69) is 5.10 Å². The van der Waals surface area contributed by atoms with Gasteiger partial charge in [0.2, 0.25) is 0 Å². The molecule has 0 aliphatic carbocycles. The van der Waals surface area contributed by atoms with Crippen LogP contribution in [0.3, 0.4) is 0 Å². The number of amides is 1. The van der Waals surface area contributed by atoms with Crippen LogP contribution in [0.2, 0.25) is 0 Å². The van der Waals surface area contributed by atoms with Crippen LogP contribution in [0, 0.1) is 11.6 Å². The number of anilines is 1. The second-order valence-corrected chi connectivity index (χ2v) is 5.87.